The number of carbonyl (C=O) groups excluding carboxylic acids is 1. The summed E-state index contributed by atoms with van der Waals surface area (Å²) in [5.74, 6) is 1.74. The van der Waals surface area contributed by atoms with E-state index < -0.39 is 0 Å². The fourth-order valence-corrected chi connectivity index (χ4v) is 5.34. The third-order valence-electron chi connectivity index (χ3n) is 5.37. The molecular weight excluding hydrogens is 560 g/mol. The predicted molar refractivity (Wildman–Crippen MR) is 159 cm³/mol. The first-order valence-corrected chi connectivity index (χ1v) is 14.8. The van der Waals surface area contributed by atoms with Crippen molar-refractivity contribution in [1.82, 2.24) is 15.4 Å². The first-order valence-electron chi connectivity index (χ1n) is 12.8. The van der Waals surface area contributed by atoms with E-state index in [2.05, 4.69) is 32.7 Å². The van der Waals surface area contributed by atoms with Gasteiger partial charge < -0.3 is 14.7 Å². The van der Waals surface area contributed by atoms with E-state index in [4.69, 9.17) is 19.5 Å². The van der Waals surface area contributed by atoms with Crippen LogP contribution >= 0.6 is 23.5 Å². The quantitative estimate of drug-likeness (QED) is 0.140. The molecule has 9 nitrogen and oxygen atoms in total. The largest absolute Gasteiger partial charge is 0.471 e. The monoisotopic (exact) mass is 590 g/mol. The third kappa shape index (κ3) is 9.90. The molecule has 0 saturated heterocycles. The van der Waals surface area contributed by atoms with Crippen LogP contribution in [0.1, 0.15) is 27.0 Å². The highest BCUT2D eigenvalue weighted by molar-refractivity contribution is 7.98. The molecule has 2 aromatic heterocycles. The lowest BCUT2D eigenvalue weighted by atomic mass is 10.2. The summed E-state index contributed by atoms with van der Waals surface area (Å²) in [6, 6.07) is 27.5. The minimum absolute atomic E-state index is 0.0541. The summed E-state index contributed by atoms with van der Waals surface area (Å²) < 4.78 is 5.53. The highest BCUT2D eigenvalue weighted by Gasteiger charge is 2.16. The number of carbonyl (C=O) groups is 1. The van der Waals surface area contributed by atoms with Gasteiger partial charge in [-0.15, -0.1) is 23.5 Å². The van der Waals surface area contributed by atoms with Gasteiger partial charge in [-0.3, -0.25) is 9.63 Å². The smallest absolute Gasteiger partial charge is 0.277 e. The Bertz CT molecular complexity index is 1390. The van der Waals surface area contributed by atoms with Crippen molar-refractivity contribution in [2.45, 2.75) is 21.6 Å². The number of rotatable bonds is 11. The van der Waals surface area contributed by atoms with E-state index in [0.717, 1.165) is 27.7 Å². The molecule has 2 N–H and O–H groups in total. The molecule has 1 amide bonds. The van der Waals surface area contributed by atoms with Gasteiger partial charge in [-0.1, -0.05) is 60.7 Å². The maximum absolute atomic E-state index is 12.0. The van der Waals surface area contributed by atoms with Gasteiger partial charge in [-0.2, -0.15) is 0 Å². The lowest BCUT2D eigenvalue weighted by molar-refractivity contribution is 0.0165. The molecule has 0 atom stereocenters. The van der Waals surface area contributed by atoms with Gasteiger partial charge in [-0.25, -0.2) is 15.4 Å². The molecule has 2 aromatic carbocycles. The van der Waals surface area contributed by atoms with Crippen LogP contribution in [-0.4, -0.2) is 53.3 Å². The van der Waals surface area contributed by atoms with E-state index in [1.54, 1.807) is 36.3 Å². The summed E-state index contributed by atoms with van der Waals surface area (Å²) in [7, 11) is 0. The van der Waals surface area contributed by atoms with Crippen molar-refractivity contribution in [1.29, 1.82) is 0 Å². The summed E-state index contributed by atoms with van der Waals surface area (Å²) in [5, 5.41) is 14.1. The Morgan fingerprint density at radius 2 is 1.46 bits per heavy atom. The molecule has 41 heavy (non-hydrogen) atoms. The number of hydrogen-bond donors (Lipinski definition) is 2. The second kappa shape index (κ2) is 17.0. The Hall–Kier alpha value is -3.90. The number of pyridine rings is 2. The molecule has 0 unspecified atom stereocenters. The van der Waals surface area contributed by atoms with E-state index >= 15 is 0 Å². The van der Waals surface area contributed by atoms with Crippen LogP contribution < -0.4 is 5.48 Å². The number of aliphatic hydroxyl groups excluding tert-OH is 1. The first-order chi connectivity index (χ1) is 20.2. The summed E-state index contributed by atoms with van der Waals surface area (Å²) in [6.45, 7) is 0.925. The van der Waals surface area contributed by atoms with Gasteiger partial charge in [0.2, 0.25) is 0 Å². The van der Waals surface area contributed by atoms with E-state index in [-0.39, 0.29) is 19.1 Å². The number of hydroxylamine groups is 1. The first kappa shape index (κ1) is 30.1. The topological polar surface area (TPSA) is 115 Å². The summed E-state index contributed by atoms with van der Waals surface area (Å²) in [5.41, 5.74) is 6.05. The maximum atomic E-state index is 12.0. The number of aromatic nitrogens is 2. The lowest BCUT2D eigenvalue weighted by Crippen LogP contribution is -2.25. The molecule has 0 fully saturated rings. The van der Waals surface area contributed by atoms with Crippen molar-refractivity contribution >= 4 is 35.3 Å². The number of aliphatic hydroxyl groups is 1. The zero-order valence-electron chi connectivity index (χ0n) is 22.2. The molecular formula is C30H30N4O5S2. The van der Waals surface area contributed by atoms with Gasteiger partial charge in [-0.05, 0) is 40.5 Å². The maximum Gasteiger partial charge on any atom is 0.277 e. The molecule has 212 valence electrons. The lowest BCUT2D eigenvalue weighted by Gasteiger charge is -2.15. The molecule has 3 heterocycles. The Morgan fingerprint density at radius 3 is 2.10 bits per heavy atom. The zero-order valence-corrected chi connectivity index (χ0v) is 23.9. The zero-order chi connectivity index (χ0) is 28.5. The number of ether oxygens (including phenoxy) is 1. The highest BCUT2D eigenvalue weighted by Crippen LogP contribution is 2.26. The summed E-state index contributed by atoms with van der Waals surface area (Å²) >= 11 is 3.16. The average molecular weight is 591 g/mol. The van der Waals surface area contributed by atoms with Crippen LogP contribution in [0.2, 0.25) is 0 Å². The van der Waals surface area contributed by atoms with Crippen LogP contribution in [0.15, 0.2) is 113 Å². The van der Waals surface area contributed by atoms with E-state index in [1.807, 2.05) is 60.7 Å². The highest BCUT2D eigenvalue weighted by atomic mass is 32.2. The molecule has 11 heteroatoms. The molecule has 0 aliphatic carbocycles. The number of thioether (sulfide) groups is 2. The standard InChI is InChI=1S/C15H16N2O3S.C15H14N2O2S/c18-9-10-20-17-14(19)13-7-4-8-16-15(13)21-11-12-5-2-1-3-6-12;1-2-5-12(6-3-1)11-20-15-13(7-4-8-16-15)14-17-19-10-9-18-14/h1-8,18H,9-11H2,(H,17,19);1-8H,9-11H2. The predicted octanol–water partition coefficient (Wildman–Crippen LogP) is 5.11. The minimum atomic E-state index is -0.368. The van der Waals surface area contributed by atoms with Gasteiger partial charge in [0.05, 0.1) is 24.3 Å². The van der Waals surface area contributed by atoms with Gasteiger partial charge in [0.25, 0.3) is 11.8 Å². The van der Waals surface area contributed by atoms with Gasteiger partial charge in [0.15, 0.2) is 6.61 Å². The molecule has 1 aliphatic rings. The van der Waals surface area contributed by atoms with Crippen molar-refractivity contribution in [3.8, 4) is 0 Å². The van der Waals surface area contributed by atoms with Crippen LogP contribution in [0.3, 0.4) is 0 Å². The van der Waals surface area contributed by atoms with Crippen molar-refractivity contribution in [3.63, 3.8) is 0 Å². The van der Waals surface area contributed by atoms with Crippen molar-refractivity contribution < 1.29 is 24.3 Å². The van der Waals surface area contributed by atoms with E-state index in [1.165, 1.54) is 17.3 Å². The molecule has 0 bridgehead atoms. The van der Waals surface area contributed by atoms with Crippen molar-refractivity contribution in [2.24, 2.45) is 5.16 Å². The Morgan fingerprint density at radius 1 is 0.829 bits per heavy atom. The van der Waals surface area contributed by atoms with Crippen LogP contribution in [-0.2, 0) is 25.9 Å². The SMILES string of the molecule is O=C(NOCCO)c1cccnc1SCc1ccccc1.c1ccc(CSc2ncccc2C2=NOCCO2)cc1. The molecule has 4 aromatic rings. The number of benzene rings is 2. The Kier molecular flexibility index (Phi) is 12.5. The van der Waals surface area contributed by atoms with Crippen molar-refractivity contribution in [3.05, 3.63) is 120 Å². The van der Waals surface area contributed by atoms with Gasteiger partial charge in [0, 0.05) is 23.9 Å². The fourth-order valence-electron chi connectivity index (χ4n) is 3.45. The average Bonchev–Trinajstić information content (AvgIpc) is 3.05. The van der Waals surface area contributed by atoms with Gasteiger partial charge in [0.1, 0.15) is 16.7 Å². The number of hydrogen-bond acceptors (Lipinski definition) is 10. The van der Waals surface area contributed by atoms with E-state index in [0.29, 0.717) is 29.7 Å². The van der Waals surface area contributed by atoms with Crippen LogP contribution in [0.4, 0.5) is 0 Å². The number of nitrogens with one attached hydrogen (secondary N) is 1. The minimum Gasteiger partial charge on any atom is -0.471 e. The van der Waals surface area contributed by atoms with Gasteiger partial charge >= 0.3 is 0 Å². The Labute approximate surface area is 247 Å². The number of nitrogens with zero attached hydrogens (tertiary/aromatic N) is 3. The number of amides is 1. The Balaban J connectivity index is 0.000000189. The molecule has 0 spiro atoms. The molecule has 1 aliphatic heterocycles. The summed E-state index contributed by atoms with van der Waals surface area (Å²) in [6.07, 6.45) is 3.43. The normalized spacial score (nSPS) is 12.2. The van der Waals surface area contributed by atoms with Crippen molar-refractivity contribution in [2.75, 3.05) is 26.4 Å². The fraction of sp³-hybridized carbons (Fsp3) is 0.200. The van der Waals surface area contributed by atoms with E-state index in [9.17, 15) is 4.79 Å². The second-order valence-corrected chi connectivity index (χ2v) is 10.3. The second-order valence-electron chi connectivity index (χ2n) is 8.34. The summed E-state index contributed by atoms with van der Waals surface area (Å²) in [4.78, 5) is 30.5. The van der Waals surface area contributed by atoms with Crippen LogP contribution in [0, 0.1) is 0 Å². The van der Waals surface area contributed by atoms with Crippen LogP contribution in [0.25, 0.3) is 0 Å². The van der Waals surface area contributed by atoms with Crippen LogP contribution in [0.5, 0.6) is 0 Å². The molecule has 0 saturated carbocycles. The molecule has 5 rings (SSSR count). The molecule has 0 radical (unpaired) electrons. The number of oxime groups is 1. The third-order valence-corrected chi connectivity index (χ3v) is 7.53.